The van der Waals surface area contributed by atoms with Crippen molar-refractivity contribution in [3.8, 4) is 11.5 Å². The molecule has 0 bridgehead atoms. The fourth-order valence-corrected chi connectivity index (χ4v) is 10.2. The van der Waals surface area contributed by atoms with E-state index in [2.05, 4.69) is 37.8 Å². The Morgan fingerprint density at radius 3 is 2.56 bits per heavy atom. The maximum Gasteiger partial charge on any atom is 0.410 e. The van der Waals surface area contributed by atoms with Gasteiger partial charge in [0.15, 0.2) is 0 Å². The van der Waals surface area contributed by atoms with E-state index in [0.717, 1.165) is 73.3 Å². The van der Waals surface area contributed by atoms with Gasteiger partial charge >= 0.3 is 6.09 Å². The number of nitrogens with zero attached hydrogens (tertiary/aromatic N) is 2. The molecule has 0 spiro atoms. The van der Waals surface area contributed by atoms with Crippen LogP contribution in [0.3, 0.4) is 0 Å². The standard InChI is InChI=1S/C49H70N2O9S/c1-6-24-51(47(54)57-34-48(3,4)5)43-33-41(50-60-44-21-13-16-28-56-44)39-31-35(17-11-14-25-52)38(20-12-15-26-53)45-40-32-36(55-29-30-61-37-18-9-8-10-19-37)22-23-42(40)59-49(43,46(39)45)58-27-7-2/h7-10,18-19,22-23,31-32,35,38,43-46,52-53H,2,6,11-17,20-21,24-30,33-34H2,1,3-5H3. The highest BCUT2D eigenvalue weighted by Crippen LogP contribution is 2.62. The molecule has 1 amide bonds. The van der Waals surface area contributed by atoms with E-state index in [1.54, 1.807) is 22.7 Å². The second-order valence-electron chi connectivity index (χ2n) is 18.0. The van der Waals surface area contributed by atoms with Crippen LogP contribution in [0.25, 0.3) is 0 Å². The molecular weight excluding hydrogens is 793 g/mol. The number of hydrogen-bond acceptors (Lipinski definition) is 11. The lowest BCUT2D eigenvalue weighted by molar-refractivity contribution is -0.255. The summed E-state index contributed by atoms with van der Waals surface area (Å²) in [6.07, 6.45) is 11.7. The fraction of sp³-hybridized carbons (Fsp3) is 0.633. The van der Waals surface area contributed by atoms with E-state index >= 15 is 0 Å². The van der Waals surface area contributed by atoms with Crippen LogP contribution in [0.1, 0.15) is 110 Å². The zero-order chi connectivity index (χ0) is 43.2. The summed E-state index contributed by atoms with van der Waals surface area (Å²) >= 11 is 1.76. The number of rotatable bonds is 22. The smallest absolute Gasteiger partial charge is 0.410 e. The molecule has 336 valence electrons. The Morgan fingerprint density at radius 1 is 1.07 bits per heavy atom. The Labute approximate surface area is 368 Å². The summed E-state index contributed by atoms with van der Waals surface area (Å²) in [5, 5.41) is 24.9. The van der Waals surface area contributed by atoms with Crippen LogP contribution in [0.5, 0.6) is 11.5 Å². The van der Waals surface area contributed by atoms with Crippen LogP contribution in [-0.4, -0.2) is 97.0 Å². The van der Waals surface area contributed by atoms with Crippen molar-refractivity contribution in [3.05, 3.63) is 78.4 Å². The molecule has 2 heterocycles. The number of carbonyl (C=O) groups is 1. The van der Waals surface area contributed by atoms with Crippen LogP contribution < -0.4 is 9.47 Å². The first-order chi connectivity index (χ1) is 29.6. The average molecular weight is 863 g/mol. The highest BCUT2D eigenvalue weighted by Gasteiger charge is 2.65. The van der Waals surface area contributed by atoms with Gasteiger partial charge in [-0.2, -0.15) is 0 Å². The number of fused-ring (bicyclic) bond motifs is 2. The number of hydrogen-bond donors (Lipinski definition) is 2. The maximum atomic E-state index is 14.5. The molecule has 12 heteroatoms. The number of oxime groups is 1. The number of aliphatic hydroxyl groups excluding tert-OH is 2. The van der Waals surface area contributed by atoms with Crippen molar-refractivity contribution in [1.29, 1.82) is 0 Å². The van der Waals surface area contributed by atoms with Gasteiger partial charge in [0.25, 0.3) is 0 Å². The lowest BCUT2D eigenvalue weighted by Crippen LogP contribution is -2.70. The molecular formula is C49H70N2O9S. The van der Waals surface area contributed by atoms with E-state index < -0.39 is 30.1 Å². The first-order valence-corrected chi connectivity index (χ1v) is 23.7. The van der Waals surface area contributed by atoms with Gasteiger partial charge in [0, 0.05) is 54.7 Å². The molecule has 2 N–H and O–H groups in total. The lowest BCUT2D eigenvalue weighted by atomic mass is 9.55. The molecule has 1 saturated heterocycles. The first kappa shape index (κ1) is 46.9. The van der Waals surface area contributed by atoms with Crippen LogP contribution in [0.2, 0.25) is 0 Å². The van der Waals surface area contributed by atoms with Gasteiger partial charge < -0.3 is 38.7 Å². The second-order valence-corrected chi connectivity index (χ2v) is 19.2. The van der Waals surface area contributed by atoms with Gasteiger partial charge in [-0.25, -0.2) is 4.79 Å². The minimum atomic E-state index is -1.35. The van der Waals surface area contributed by atoms with Gasteiger partial charge in [0.1, 0.15) is 17.5 Å². The molecule has 61 heavy (non-hydrogen) atoms. The van der Waals surface area contributed by atoms with Crippen molar-refractivity contribution < 1.29 is 43.5 Å². The summed E-state index contributed by atoms with van der Waals surface area (Å²) in [5.74, 6) is 0.539. The topological polar surface area (TPSA) is 129 Å². The molecule has 7 atom stereocenters. The number of unbranched alkanes of at least 4 members (excludes halogenated alkanes) is 2. The SMILES string of the molecule is C=CCOC12Oc3ccc(OCCSc4ccccc4)cc3C3C(CCCCO)C(CCCCO)C=C(C(=NOC4CCCCO4)CC1N(CCC)C(=O)OCC(C)(C)C)C32. The van der Waals surface area contributed by atoms with Crippen molar-refractivity contribution in [1.82, 2.24) is 4.90 Å². The van der Waals surface area contributed by atoms with Gasteiger partial charge in [-0.1, -0.05) is 76.0 Å². The van der Waals surface area contributed by atoms with Crippen LogP contribution in [0.15, 0.2) is 82.9 Å². The predicted molar refractivity (Wildman–Crippen MR) is 240 cm³/mol. The van der Waals surface area contributed by atoms with Gasteiger partial charge in [0.2, 0.25) is 12.1 Å². The summed E-state index contributed by atoms with van der Waals surface area (Å²) in [7, 11) is 0. The Bertz CT molecular complexity index is 1760. The normalized spacial score (nSPS) is 26.3. The second kappa shape index (κ2) is 22.7. The maximum absolute atomic E-state index is 14.5. The molecule has 2 aliphatic heterocycles. The van der Waals surface area contributed by atoms with Gasteiger partial charge in [0.05, 0.1) is 38.1 Å². The molecule has 4 aliphatic rings. The number of benzene rings is 2. The van der Waals surface area contributed by atoms with E-state index in [4.69, 9.17) is 33.7 Å². The lowest BCUT2D eigenvalue weighted by Gasteiger charge is -2.60. The van der Waals surface area contributed by atoms with E-state index in [-0.39, 0.29) is 49.6 Å². The summed E-state index contributed by atoms with van der Waals surface area (Å²) in [6, 6.07) is 15.8. The van der Waals surface area contributed by atoms with Gasteiger partial charge in [-0.15, -0.1) is 18.3 Å². The zero-order valence-electron chi connectivity index (χ0n) is 36.9. The number of carbonyl (C=O) groups excluding carboxylic acids is 1. The Hall–Kier alpha value is -3.55. The third-order valence-corrected chi connectivity index (χ3v) is 13.1. The predicted octanol–water partition coefficient (Wildman–Crippen LogP) is 9.91. The van der Waals surface area contributed by atoms with Crippen molar-refractivity contribution in [3.63, 3.8) is 0 Å². The van der Waals surface area contributed by atoms with Crippen LogP contribution in [-0.2, 0) is 19.0 Å². The Morgan fingerprint density at radius 2 is 1.85 bits per heavy atom. The molecule has 11 nitrogen and oxygen atoms in total. The number of aliphatic hydroxyl groups is 2. The third-order valence-electron chi connectivity index (χ3n) is 12.1. The number of amides is 1. The van der Waals surface area contributed by atoms with E-state index in [1.807, 2.05) is 51.1 Å². The largest absolute Gasteiger partial charge is 0.493 e. The fourth-order valence-electron chi connectivity index (χ4n) is 9.47. The van der Waals surface area contributed by atoms with Crippen molar-refractivity contribution in [2.45, 2.75) is 127 Å². The highest BCUT2D eigenvalue weighted by atomic mass is 32.2. The summed E-state index contributed by atoms with van der Waals surface area (Å²) in [6.45, 7) is 14.5. The zero-order valence-corrected chi connectivity index (χ0v) is 37.8. The molecule has 6 rings (SSSR count). The monoisotopic (exact) mass is 862 g/mol. The average Bonchev–Trinajstić information content (AvgIpc) is 3.26. The quantitative estimate of drug-likeness (QED) is 0.0511. The molecule has 2 fully saturated rings. The molecule has 2 aliphatic carbocycles. The van der Waals surface area contributed by atoms with E-state index in [9.17, 15) is 15.0 Å². The third kappa shape index (κ3) is 11.9. The molecule has 0 aromatic heterocycles. The van der Waals surface area contributed by atoms with E-state index in [1.165, 1.54) is 4.90 Å². The number of thioether (sulfide) groups is 1. The van der Waals surface area contributed by atoms with Crippen molar-refractivity contribution >= 4 is 23.6 Å². The van der Waals surface area contributed by atoms with Gasteiger partial charge in [-0.05, 0) is 98.1 Å². The molecule has 1 saturated carbocycles. The van der Waals surface area contributed by atoms with E-state index in [0.29, 0.717) is 51.2 Å². The Balaban J connectivity index is 1.50. The first-order valence-electron chi connectivity index (χ1n) is 22.7. The molecule has 7 unspecified atom stereocenters. The summed E-state index contributed by atoms with van der Waals surface area (Å²) < 4.78 is 33.0. The summed E-state index contributed by atoms with van der Waals surface area (Å²) in [4.78, 5) is 23.7. The van der Waals surface area contributed by atoms with Crippen LogP contribution in [0.4, 0.5) is 4.79 Å². The van der Waals surface area contributed by atoms with Crippen molar-refractivity contribution in [2.24, 2.45) is 28.3 Å². The molecule has 2 aromatic rings. The highest BCUT2D eigenvalue weighted by molar-refractivity contribution is 7.99. The van der Waals surface area contributed by atoms with Gasteiger partial charge in [-0.3, -0.25) is 4.90 Å². The Kier molecular flexibility index (Phi) is 17.5. The summed E-state index contributed by atoms with van der Waals surface area (Å²) in [5.41, 5.74) is 2.52. The van der Waals surface area contributed by atoms with Crippen LogP contribution in [0, 0.1) is 23.2 Å². The molecule has 2 aromatic carbocycles. The number of ether oxygens (including phenoxy) is 5. The van der Waals surface area contributed by atoms with Crippen molar-refractivity contribution in [2.75, 3.05) is 51.9 Å². The minimum absolute atomic E-state index is 0.104. The number of allylic oxidation sites excluding steroid dienone is 1. The van der Waals surface area contributed by atoms with Crippen LogP contribution >= 0.6 is 11.8 Å². The minimum Gasteiger partial charge on any atom is -0.493 e. The molecule has 0 radical (unpaired) electrons.